The predicted molar refractivity (Wildman–Crippen MR) is 54.2 cm³/mol. The number of rotatable bonds is 1. The first-order valence-electron chi connectivity index (χ1n) is 4.57. The fourth-order valence-electron chi connectivity index (χ4n) is 1.45. The number of hydrogen-bond donors (Lipinski definition) is 1. The van der Waals surface area contributed by atoms with Crippen molar-refractivity contribution >= 4 is 11.8 Å². The maximum atomic E-state index is 12.9. The van der Waals surface area contributed by atoms with Gasteiger partial charge in [0.05, 0.1) is 5.37 Å². The SMILES string of the molecule is Fc1ccc(C2NCCCS2)cc1F. The van der Waals surface area contributed by atoms with Crippen LogP contribution >= 0.6 is 11.8 Å². The van der Waals surface area contributed by atoms with Gasteiger partial charge in [0.2, 0.25) is 0 Å². The zero-order valence-electron chi connectivity index (χ0n) is 7.59. The minimum Gasteiger partial charge on any atom is -0.302 e. The maximum Gasteiger partial charge on any atom is 0.159 e. The van der Waals surface area contributed by atoms with Gasteiger partial charge in [-0.15, -0.1) is 11.8 Å². The molecule has 2 rings (SSSR count). The summed E-state index contributed by atoms with van der Waals surface area (Å²) >= 11 is 1.73. The third-order valence-corrected chi connectivity index (χ3v) is 3.48. The van der Waals surface area contributed by atoms with Crippen molar-refractivity contribution in [1.29, 1.82) is 0 Å². The van der Waals surface area contributed by atoms with Gasteiger partial charge in [0, 0.05) is 0 Å². The molecule has 1 nitrogen and oxygen atoms in total. The van der Waals surface area contributed by atoms with Crippen molar-refractivity contribution in [2.24, 2.45) is 0 Å². The number of halogens is 2. The van der Waals surface area contributed by atoms with E-state index in [2.05, 4.69) is 5.32 Å². The molecule has 1 aliphatic rings. The van der Waals surface area contributed by atoms with E-state index in [9.17, 15) is 8.78 Å². The van der Waals surface area contributed by atoms with Gasteiger partial charge >= 0.3 is 0 Å². The van der Waals surface area contributed by atoms with Crippen LogP contribution in [0.3, 0.4) is 0 Å². The monoisotopic (exact) mass is 215 g/mol. The van der Waals surface area contributed by atoms with Crippen LogP contribution in [0.1, 0.15) is 17.4 Å². The Morgan fingerprint density at radius 3 is 2.79 bits per heavy atom. The molecule has 1 heterocycles. The lowest BCUT2D eigenvalue weighted by atomic mass is 10.2. The maximum absolute atomic E-state index is 12.9. The van der Waals surface area contributed by atoms with E-state index in [1.165, 1.54) is 12.1 Å². The summed E-state index contributed by atoms with van der Waals surface area (Å²) in [5.74, 6) is -0.485. The summed E-state index contributed by atoms with van der Waals surface area (Å²) in [7, 11) is 0. The lowest BCUT2D eigenvalue weighted by molar-refractivity contribution is 0.505. The molecule has 1 N–H and O–H groups in total. The highest BCUT2D eigenvalue weighted by Gasteiger charge is 2.16. The fourth-order valence-corrected chi connectivity index (χ4v) is 2.58. The third kappa shape index (κ3) is 2.07. The van der Waals surface area contributed by atoms with Gasteiger partial charge in [0.25, 0.3) is 0 Å². The minimum absolute atomic E-state index is 0.110. The first kappa shape index (κ1) is 9.93. The standard InChI is InChI=1S/C10H11F2NS/c11-8-3-2-7(6-9(8)12)10-13-4-1-5-14-10/h2-3,6,10,13H,1,4-5H2. The van der Waals surface area contributed by atoms with Gasteiger partial charge < -0.3 is 5.32 Å². The van der Waals surface area contributed by atoms with Crippen LogP contribution in [0.2, 0.25) is 0 Å². The van der Waals surface area contributed by atoms with E-state index in [0.717, 1.165) is 24.3 Å². The van der Waals surface area contributed by atoms with E-state index in [0.29, 0.717) is 0 Å². The Balaban J connectivity index is 2.18. The van der Waals surface area contributed by atoms with Gasteiger partial charge in [0.15, 0.2) is 11.6 Å². The van der Waals surface area contributed by atoms with E-state index in [4.69, 9.17) is 0 Å². The predicted octanol–water partition coefficient (Wildman–Crippen LogP) is 2.69. The van der Waals surface area contributed by atoms with Gasteiger partial charge in [-0.1, -0.05) is 6.07 Å². The molecule has 0 saturated carbocycles. The number of thioether (sulfide) groups is 1. The molecular formula is C10H11F2NS. The zero-order valence-corrected chi connectivity index (χ0v) is 8.41. The summed E-state index contributed by atoms with van der Waals surface area (Å²) < 4.78 is 25.6. The molecule has 0 bridgehead atoms. The lowest BCUT2D eigenvalue weighted by Crippen LogP contribution is -2.25. The van der Waals surface area contributed by atoms with Crippen molar-refractivity contribution in [3.8, 4) is 0 Å². The van der Waals surface area contributed by atoms with E-state index in [1.54, 1.807) is 17.8 Å². The molecule has 0 aromatic heterocycles. The first-order chi connectivity index (χ1) is 6.77. The van der Waals surface area contributed by atoms with Crippen LogP contribution in [0.5, 0.6) is 0 Å². The Morgan fingerprint density at radius 1 is 1.29 bits per heavy atom. The van der Waals surface area contributed by atoms with Crippen molar-refractivity contribution in [3.05, 3.63) is 35.4 Å². The molecule has 1 aliphatic heterocycles. The molecule has 1 saturated heterocycles. The summed E-state index contributed by atoms with van der Waals surface area (Å²) in [5, 5.41) is 3.37. The van der Waals surface area contributed by atoms with E-state index >= 15 is 0 Å². The Labute approximate surface area is 85.9 Å². The molecule has 1 atom stereocenters. The average Bonchev–Trinajstić information content (AvgIpc) is 2.23. The molecule has 1 unspecified atom stereocenters. The van der Waals surface area contributed by atoms with Crippen LogP contribution in [0.25, 0.3) is 0 Å². The van der Waals surface area contributed by atoms with Gasteiger partial charge in [-0.2, -0.15) is 0 Å². The van der Waals surface area contributed by atoms with Crippen LogP contribution < -0.4 is 5.32 Å². The average molecular weight is 215 g/mol. The van der Waals surface area contributed by atoms with Crippen molar-refractivity contribution in [3.63, 3.8) is 0 Å². The second-order valence-electron chi connectivity index (χ2n) is 3.23. The third-order valence-electron chi connectivity index (χ3n) is 2.18. The van der Waals surface area contributed by atoms with Gasteiger partial charge in [0.1, 0.15) is 0 Å². The highest BCUT2D eigenvalue weighted by Crippen LogP contribution is 2.29. The van der Waals surface area contributed by atoms with Gasteiger partial charge in [-0.25, -0.2) is 8.78 Å². The molecule has 0 amide bonds. The second-order valence-corrected chi connectivity index (χ2v) is 4.45. The molecule has 4 heteroatoms. The molecule has 14 heavy (non-hydrogen) atoms. The van der Waals surface area contributed by atoms with Crippen LogP contribution in [0.4, 0.5) is 8.78 Å². The molecule has 0 aliphatic carbocycles. The topological polar surface area (TPSA) is 12.0 Å². The smallest absolute Gasteiger partial charge is 0.159 e. The van der Waals surface area contributed by atoms with Gasteiger partial charge in [-0.3, -0.25) is 0 Å². The van der Waals surface area contributed by atoms with Crippen molar-refractivity contribution < 1.29 is 8.78 Å². The van der Waals surface area contributed by atoms with Crippen LogP contribution in [-0.4, -0.2) is 12.3 Å². The minimum atomic E-state index is -0.783. The van der Waals surface area contributed by atoms with E-state index < -0.39 is 11.6 Å². The molecule has 0 spiro atoms. The molecule has 76 valence electrons. The van der Waals surface area contributed by atoms with Crippen molar-refractivity contribution in [2.75, 3.05) is 12.3 Å². The Hall–Kier alpha value is -0.610. The highest BCUT2D eigenvalue weighted by atomic mass is 32.2. The van der Waals surface area contributed by atoms with Crippen molar-refractivity contribution in [1.82, 2.24) is 5.32 Å². The summed E-state index contributed by atoms with van der Waals surface area (Å²) in [4.78, 5) is 0. The van der Waals surface area contributed by atoms with Crippen LogP contribution in [0.15, 0.2) is 18.2 Å². The molecule has 0 radical (unpaired) electrons. The summed E-state index contributed by atoms with van der Waals surface area (Å²) in [6.45, 7) is 0.941. The molecule has 1 aromatic carbocycles. The zero-order chi connectivity index (χ0) is 9.97. The largest absolute Gasteiger partial charge is 0.302 e. The summed E-state index contributed by atoms with van der Waals surface area (Å²) in [5.41, 5.74) is 0.814. The first-order valence-corrected chi connectivity index (χ1v) is 5.62. The number of hydrogen-bond acceptors (Lipinski definition) is 2. The molecular weight excluding hydrogens is 204 g/mol. The quantitative estimate of drug-likeness (QED) is 0.773. The Kier molecular flexibility index (Phi) is 3.03. The van der Waals surface area contributed by atoms with Crippen LogP contribution in [-0.2, 0) is 0 Å². The number of benzene rings is 1. The van der Waals surface area contributed by atoms with Crippen LogP contribution in [0, 0.1) is 11.6 Å². The Bertz CT molecular complexity index is 324. The Morgan fingerprint density at radius 2 is 2.14 bits per heavy atom. The molecule has 1 fully saturated rings. The normalized spacial score (nSPS) is 22.3. The highest BCUT2D eigenvalue weighted by molar-refractivity contribution is 7.99. The molecule has 1 aromatic rings. The fraction of sp³-hybridized carbons (Fsp3) is 0.400. The lowest BCUT2D eigenvalue weighted by Gasteiger charge is -2.23. The van der Waals surface area contributed by atoms with E-state index in [-0.39, 0.29) is 5.37 Å². The summed E-state index contributed by atoms with van der Waals surface area (Å²) in [6.07, 6.45) is 1.13. The van der Waals surface area contributed by atoms with E-state index in [1.807, 2.05) is 0 Å². The van der Waals surface area contributed by atoms with Gasteiger partial charge in [-0.05, 0) is 36.4 Å². The summed E-state index contributed by atoms with van der Waals surface area (Å²) in [6, 6.07) is 4.08. The number of nitrogens with one attached hydrogen (secondary N) is 1. The second kappa shape index (κ2) is 4.28. The van der Waals surface area contributed by atoms with Crippen molar-refractivity contribution in [2.45, 2.75) is 11.8 Å².